The van der Waals surface area contributed by atoms with E-state index in [1.165, 1.54) is 0 Å². The number of likely N-dealkylation sites (N-methyl/N-ethyl adjacent to an activating group) is 1. The first-order valence-corrected chi connectivity index (χ1v) is 6.50. The zero-order valence-corrected chi connectivity index (χ0v) is 11.3. The van der Waals surface area contributed by atoms with E-state index in [0.717, 1.165) is 18.5 Å². The number of aldehydes is 1. The van der Waals surface area contributed by atoms with Gasteiger partial charge in [-0.05, 0) is 38.8 Å². The molecule has 0 atom stereocenters. The maximum atomic E-state index is 12.0. The van der Waals surface area contributed by atoms with Crippen LogP contribution in [-0.4, -0.2) is 41.3 Å². The van der Waals surface area contributed by atoms with Crippen LogP contribution in [-0.2, 0) is 4.79 Å². The van der Waals surface area contributed by atoms with Gasteiger partial charge in [-0.25, -0.2) is 4.98 Å². The molecule has 1 aliphatic carbocycles. The minimum absolute atomic E-state index is 0.0394. The second kappa shape index (κ2) is 5.82. The molecular formula is C14H18N2O3. The third kappa shape index (κ3) is 3.30. The van der Waals surface area contributed by atoms with Crippen molar-refractivity contribution in [2.24, 2.45) is 0 Å². The van der Waals surface area contributed by atoms with Crippen LogP contribution in [0.3, 0.4) is 0 Å². The van der Waals surface area contributed by atoms with Gasteiger partial charge in [-0.1, -0.05) is 0 Å². The number of ether oxygens (including phenoxy) is 1. The Hall–Kier alpha value is -1.91. The van der Waals surface area contributed by atoms with Crippen LogP contribution in [0.5, 0.6) is 5.75 Å². The number of rotatable bonds is 6. The van der Waals surface area contributed by atoms with E-state index < -0.39 is 0 Å². The lowest BCUT2D eigenvalue weighted by Gasteiger charge is -2.20. The van der Waals surface area contributed by atoms with Crippen LogP contribution < -0.4 is 4.74 Å². The van der Waals surface area contributed by atoms with Crippen molar-refractivity contribution in [1.82, 2.24) is 9.88 Å². The van der Waals surface area contributed by atoms with Crippen molar-refractivity contribution in [1.29, 1.82) is 0 Å². The molecule has 5 nitrogen and oxygen atoms in total. The predicted molar refractivity (Wildman–Crippen MR) is 70.3 cm³/mol. The van der Waals surface area contributed by atoms with Crippen LogP contribution in [0, 0.1) is 6.92 Å². The van der Waals surface area contributed by atoms with Crippen molar-refractivity contribution >= 4 is 12.2 Å². The number of nitrogens with zero attached hydrogens (tertiary/aromatic N) is 2. The monoisotopic (exact) mass is 262 g/mol. The van der Waals surface area contributed by atoms with Crippen LogP contribution in [0.15, 0.2) is 12.1 Å². The highest BCUT2D eigenvalue weighted by atomic mass is 16.5. The maximum Gasteiger partial charge on any atom is 0.260 e. The predicted octanol–water partition coefficient (Wildman–Crippen LogP) is 1.59. The van der Waals surface area contributed by atoms with Gasteiger partial charge in [0.2, 0.25) is 0 Å². The molecule has 1 aliphatic rings. The summed E-state index contributed by atoms with van der Waals surface area (Å²) in [6.45, 7) is 4.41. The molecule has 0 unspecified atom stereocenters. The Morgan fingerprint density at radius 3 is 2.84 bits per heavy atom. The molecule has 0 aliphatic heterocycles. The van der Waals surface area contributed by atoms with Crippen LogP contribution in [0.2, 0.25) is 0 Å². The van der Waals surface area contributed by atoms with Gasteiger partial charge in [0.15, 0.2) is 12.9 Å². The quantitative estimate of drug-likeness (QED) is 0.730. The SMILES string of the molecule is CCN(C(=O)COc1ccc(C)nc1C=O)C1CC1. The molecule has 1 saturated carbocycles. The minimum Gasteiger partial charge on any atom is -0.481 e. The van der Waals surface area contributed by atoms with Crippen molar-refractivity contribution < 1.29 is 14.3 Å². The van der Waals surface area contributed by atoms with Crippen molar-refractivity contribution in [3.63, 3.8) is 0 Å². The summed E-state index contributed by atoms with van der Waals surface area (Å²) >= 11 is 0. The Kier molecular flexibility index (Phi) is 4.14. The van der Waals surface area contributed by atoms with E-state index in [9.17, 15) is 9.59 Å². The molecule has 1 heterocycles. The first-order valence-electron chi connectivity index (χ1n) is 6.50. The fourth-order valence-corrected chi connectivity index (χ4v) is 2.02. The van der Waals surface area contributed by atoms with E-state index in [0.29, 0.717) is 24.6 Å². The van der Waals surface area contributed by atoms with Gasteiger partial charge in [-0.15, -0.1) is 0 Å². The Morgan fingerprint density at radius 1 is 1.53 bits per heavy atom. The van der Waals surface area contributed by atoms with Crippen LogP contribution >= 0.6 is 0 Å². The molecule has 1 fully saturated rings. The van der Waals surface area contributed by atoms with E-state index in [1.54, 1.807) is 19.1 Å². The Labute approximate surface area is 112 Å². The van der Waals surface area contributed by atoms with Crippen LogP contribution in [0.4, 0.5) is 0 Å². The molecule has 1 aromatic heterocycles. The Bertz CT molecular complexity index is 484. The first kappa shape index (κ1) is 13.5. The van der Waals surface area contributed by atoms with Crippen molar-refractivity contribution in [3.8, 4) is 5.75 Å². The third-order valence-electron chi connectivity index (χ3n) is 3.14. The molecule has 0 spiro atoms. The van der Waals surface area contributed by atoms with Crippen molar-refractivity contribution in [2.75, 3.05) is 13.2 Å². The number of amides is 1. The standard InChI is InChI=1S/C14H18N2O3/c1-3-16(11-5-6-11)14(18)9-19-13-7-4-10(2)15-12(13)8-17/h4,7-8,11H,3,5-6,9H2,1-2H3. The number of aromatic nitrogens is 1. The largest absolute Gasteiger partial charge is 0.481 e. The lowest BCUT2D eigenvalue weighted by atomic mass is 10.3. The Balaban J connectivity index is 1.98. The van der Waals surface area contributed by atoms with Crippen molar-refractivity contribution in [3.05, 3.63) is 23.5 Å². The van der Waals surface area contributed by atoms with Gasteiger partial charge in [-0.2, -0.15) is 0 Å². The summed E-state index contributed by atoms with van der Waals surface area (Å²) in [6.07, 6.45) is 2.79. The van der Waals surface area contributed by atoms with Gasteiger partial charge in [-0.3, -0.25) is 9.59 Å². The van der Waals surface area contributed by atoms with Gasteiger partial charge >= 0.3 is 0 Å². The van der Waals surface area contributed by atoms with E-state index in [1.807, 2.05) is 11.8 Å². The lowest BCUT2D eigenvalue weighted by molar-refractivity contribution is -0.133. The number of carbonyl (C=O) groups is 2. The summed E-state index contributed by atoms with van der Waals surface area (Å²) in [5, 5.41) is 0. The summed E-state index contributed by atoms with van der Waals surface area (Å²) in [6, 6.07) is 3.81. The molecule has 0 saturated heterocycles. The molecule has 5 heteroatoms. The highest BCUT2D eigenvalue weighted by Gasteiger charge is 2.31. The normalized spacial score (nSPS) is 14.0. The second-order valence-electron chi connectivity index (χ2n) is 4.65. The molecule has 0 radical (unpaired) electrons. The zero-order chi connectivity index (χ0) is 13.8. The smallest absolute Gasteiger partial charge is 0.260 e. The summed E-state index contributed by atoms with van der Waals surface area (Å²) < 4.78 is 5.42. The van der Waals surface area contributed by atoms with E-state index >= 15 is 0 Å². The summed E-state index contributed by atoms with van der Waals surface area (Å²) in [5.41, 5.74) is 0.983. The van der Waals surface area contributed by atoms with E-state index in [2.05, 4.69) is 4.98 Å². The molecule has 1 aromatic rings. The maximum absolute atomic E-state index is 12.0. The van der Waals surface area contributed by atoms with Gasteiger partial charge in [0.25, 0.3) is 5.91 Å². The fraction of sp³-hybridized carbons (Fsp3) is 0.500. The first-order chi connectivity index (χ1) is 9.15. The molecule has 0 bridgehead atoms. The lowest BCUT2D eigenvalue weighted by Crippen LogP contribution is -2.36. The summed E-state index contributed by atoms with van der Waals surface area (Å²) in [4.78, 5) is 28.8. The summed E-state index contributed by atoms with van der Waals surface area (Å²) in [7, 11) is 0. The van der Waals surface area contributed by atoms with E-state index in [4.69, 9.17) is 4.74 Å². The highest BCUT2D eigenvalue weighted by Crippen LogP contribution is 2.26. The number of hydrogen-bond acceptors (Lipinski definition) is 4. The summed E-state index contributed by atoms with van der Waals surface area (Å²) in [5.74, 6) is 0.322. The molecule has 0 aromatic carbocycles. The number of carbonyl (C=O) groups excluding carboxylic acids is 2. The van der Waals surface area contributed by atoms with Gasteiger partial charge in [0.1, 0.15) is 11.4 Å². The average Bonchev–Trinajstić information content (AvgIpc) is 3.22. The second-order valence-corrected chi connectivity index (χ2v) is 4.65. The molecule has 0 N–H and O–H groups in total. The zero-order valence-electron chi connectivity index (χ0n) is 11.3. The minimum atomic E-state index is -0.0457. The molecule has 1 amide bonds. The van der Waals surface area contributed by atoms with Gasteiger partial charge in [0, 0.05) is 18.3 Å². The average molecular weight is 262 g/mol. The van der Waals surface area contributed by atoms with Crippen LogP contribution in [0.1, 0.15) is 35.9 Å². The molecule has 2 rings (SSSR count). The molecule has 19 heavy (non-hydrogen) atoms. The topological polar surface area (TPSA) is 59.5 Å². The number of pyridine rings is 1. The molecular weight excluding hydrogens is 244 g/mol. The number of hydrogen-bond donors (Lipinski definition) is 0. The van der Waals surface area contributed by atoms with E-state index in [-0.39, 0.29) is 18.2 Å². The number of aryl methyl sites for hydroxylation is 1. The third-order valence-corrected chi connectivity index (χ3v) is 3.14. The fourth-order valence-electron chi connectivity index (χ4n) is 2.02. The molecule has 102 valence electrons. The van der Waals surface area contributed by atoms with Crippen molar-refractivity contribution in [2.45, 2.75) is 32.7 Å². The Morgan fingerprint density at radius 2 is 2.26 bits per heavy atom. The highest BCUT2D eigenvalue weighted by molar-refractivity contribution is 5.79. The van der Waals surface area contributed by atoms with Gasteiger partial charge < -0.3 is 9.64 Å². The van der Waals surface area contributed by atoms with Gasteiger partial charge in [0.05, 0.1) is 0 Å². The van der Waals surface area contributed by atoms with Crippen LogP contribution in [0.25, 0.3) is 0 Å².